The van der Waals surface area contributed by atoms with Crippen molar-refractivity contribution in [3.63, 3.8) is 0 Å². The predicted octanol–water partition coefficient (Wildman–Crippen LogP) is 3.96. The Balaban J connectivity index is 2.08. The van der Waals surface area contributed by atoms with E-state index in [4.69, 9.17) is 9.26 Å². The summed E-state index contributed by atoms with van der Waals surface area (Å²) in [5.41, 5.74) is 1.65. The first kappa shape index (κ1) is 16.8. The van der Waals surface area contributed by atoms with Crippen molar-refractivity contribution >= 4 is 42.6 Å². The fourth-order valence-corrected chi connectivity index (χ4v) is 4.01. The second-order valence-electron chi connectivity index (χ2n) is 5.09. The number of hydrogen-bond donors (Lipinski definition) is 1. The van der Waals surface area contributed by atoms with Gasteiger partial charge in [-0.25, -0.2) is 8.42 Å². The average molecular weight is 411 g/mol. The van der Waals surface area contributed by atoms with Crippen molar-refractivity contribution in [2.75, 3.05) is 11.8 Å². The van der Waals surface area contributed by atoms with E-state index < -0.39 is 10.0 Å². The summed E-state index contributed by atoms with van der Waals surface area (Å²) < 4.78 is 39.0. The number of nitrogens with zero attached hydrogens (tertiary/aromatic N) is 1. The highest BCUT2D eigenvalue weighted by Crippen LogP contribution is 2.33. The summed E-state index contributed by atoms with van der Waals surface area (Å²) in [6, 6.07) is 9.78. The van der Waals surface area contributed by atoms with E-state index in [1.807, 2.05) is 6.92 Å². The number of hydrogen-bond acceptors (Lipinski definition) is 5. The zero-order valence-corrected chi connectivity index (χ0v) is 15.4. The number of halogens is 1. The van der Waals surface area contributed by atoms with Crippen LogP contribution in [-0.4, -0.2) is 20.7 Å². The number of aryl methyl sites for hydroxylation is 1. The standard InChI is InChI=1S/C16H15BrN2O4S/c1-3-13-12-8-14(16(22-2)9-15(12)23-18-13)19-24(20,21)11-6-4-5-10(17)7-11/h4-9,19H,3H2,1-2H3. The third-order valence-corrected chi connectivity index (χ3v) is 5.41. The molecule has 0 fully saturated rings. The third kappa shape index (κ3) is 3.11. The Labute approximate surface area is 148 Å². The molecule has 0 atom stereocenters. The number of methoxy groups -OCH3 is 1. The molecule has 3 aromatic rings. The van der Waals surface area contributed by atoms with Crippen LogP contribution in [0.3, 0.4) is 0 Å². The van der Waals surface area contributed by atoms with E-state index in [1.54, 1.807) is 24.3 Å². The molecule has 0 aliphatic carbocycles. The topological polar surface area (TPSA) is 81.4 Å². The highest BCUT2D eigenvalue weighted by atomic mass is 79.9. The van der Waals surface area contributed by atoms with Gasteiger partial charge in [-0.15, -0.1) is 0 Å². The van der Waals surface area contributed by atoms with Crippen molar-refractivity contribution in [1.29, 1.82) is 0 Å². The Morgan fingerprint density at radius 1 is 1.29 bits per heavy atom. The molecular formula is C16H15BrN2O4S. The maximum atomic E-state index is 12.6. The molecule has 6 nitrogen and oxygen atoms in total. The van der Waals surface area contributed by atoms with Crippen LogP contribution in [0.4, 0.5) is 5.69 Å². The van der Waals surface area contributed by atoms with Gasteiger partial charge in [0.05, 0.1) is 23.4 Å². The maximum absolute atomic E-state index is 12.6. The van der Waals surface area contributed by atoms with Gasteiger partial charge in [-0.05, 0) is 30.7 Å². The molecule has 0 saturated heterocycles. The molecule has 24 heavy (non-hydrogen) atoms. The summed E-state index contributed by atoms with van der Waals surface area (Å²) in [6.07, 6.45) is 0.678. The normalized spacial score (nSPS) is 11.6. The van der Waals surface area contributed by atoms with E-state index in [-0.39, 0.29) is 4.90 Å². The largest absolute Gasteiger partial charge is 0.494 e. The molecule has 8 heteroatoms. The fraction of sp³-hybridized carbons (Fsp3) is 0.188. The minimum absolute atomic E-state index is 0.153. The molecule has 0 aliphatic heterocycles. The Kier molecular flexibility index (Phi) is 4.51. The predicted molar refractivity (Wildman–Crippen MR) is 94.9 cm³/mol. The second kappa shape index (κ2) is 6.45. The minimum atomic E-state index is -3.75. The average Bonchev–Trinajstić information content (AvgIpc) is 2.95. The van der Waals surface area contributed by atoms with Crippen LogP contribution in [0.1, 0.15) is 12.6 Å². The Bertz CT molecular complexity index is 998. The lowest BCUT2D eigenvalue weighted by molar-refractivity contribution is 0.413. The van der Waals surface area contributed by atoms with Gasteiger partial charge in [-0.3, -0.25) is 4.72 Å². The second-order valence-corrected chi connectivity index (χ2v) is 7.69. The molecule has 0 amide bonds. The zero-order valence-electron chi connectivity index (χ0n) is 13.0. The lowest BCUT2D eigenvalue weighted by atomic mass is 10.1. The molecule has 0 radical (unpaired) electrons. The molecule has 3 rings (SSSR count). The van der Waals surface area contributed by atoms with Crippen LogP contribution in [0, 0.1) is 0 Å². The Morgan fingerprint density at radius 2 is 2.08 bits per heavy atom. The third-order valence-electron chi connectivity index (χ3n) is 3.55. The van der Waals surface area contributed by atoms with Crippen LogP contribution in [-0.2, 0) is 16.4 Å². The molecule has 1 heterocycles. The molecule has 1 aromatic heterocycles. The van der Waals surface area contributed by atoms with Crippen molar-refractivity contribution in [1.82, 2.24) is 5.16 Å². The quantitative estimate of drug-likeness (QED) is 0.687. The summed E-state index contributed by atoms with van der Waals surface area (Å²) in [5, 5.41) is 4.74. The molecule has 0 unspecified atom stereocenters. The van der Waals surface area contributed by atoms with Gasteiger partial charge < -0.3 is 9.26 Å². The number of anilines is 1. The number of sulfonamides is 1. The summed E-state index contributed by atoms with van der Waals surface area (Å²) in [7, 11) is -2.28. The van der Waals surface area contributed by atoms with Crippen LogP contribution in [0.15, 0.2) is 50.3 Å². The van der Waals surface area contributed by atoms with E-state index >= 15 is 0 Å². The number of fused-ring (bicyclic) bond motifs is 1. The van der Waals surface area contributed by atoms with Gasteiger partial charge in [-0.2, -0.15) is 0 Å². The molecule has 0 saturated carbocycles. The summed E-state index contributed by atoms with van der Waals surface area (Å²) in [6.45, 7) is 1.95. The number of nitrogens with one attached hydrogen (secondary N) is 1. The zero-order chi connectivity index (χ0) is 17.3. The summed E-state index contributed by atoms with van der Waals surface area (Å²) >= 11 is 3.28. The summed E-state index contributed by atoms with van der Waals surface area (Å²) in [5.74, 6) is 0.361. The minimum Gasteiger partial charge on any atom is -0.494 e. The van der Waals surface area contributed by atoms with Gasteiger partial charge in [-0.1, -0.05) is 34.1 Å². The number of benzene rings is 2. The fourth-order valence-electron chi connectivity index (χ4n) is 2.36. The van der Waals surface area contributed by atoms with Crippen LogP contribution < -0.4 is 9.46 Å². The summed E-state index contributed by atoms with van der Waals surface area (Å²) in [4.78, 5) is 0.153. The first-order chi connectivity index (χ1) is 11.4. The van der Waals surface area contributed by atoms with Crippen molar-refractivity contribution in [3.8, 4) is 5.75 Å². The monoisotopic (exact) mass is 410 g/mol. The van der Waals surface area contributed by atoms with Crippen LogP contribution in [0.25, 0.3) is 11.0 Å². The maximum Gasteiger partial charge on any atom is 0.262 e. The van der Waals surface area contributed by atoms with Gasteiger partial charge in [0.15, 0.2) is 5.58 Å². The van der Waals surface area contributed by atoms with Crippen molar-refractivity contribution < 1.29 is 17.7 Å². The number of ether oxygens (including phenoxy) is 1. The number of rotatable bonds is 5. The molecular weight excluding hydrogens is 396 g/mol. The van der Waals surface area contributed by atoms with Crippen molar-refractivity contribution in [3.05, 3.63) is 46.6 Å². The molecule has 0 spiro atoms. The molecule has 126 valence electrons. The highest BCUT2D eigenvalue weighted by molar-refractivity contribution is 9.10. The van der Waals surface area contributed by atoms with E-state index in [0.29, 0.717) is 27.9 Å². The van der Waals surface area contributed by atoms with Gasteiger partial charge in [0, 0.05) is 15.9 Å². The van der Waals surface area contributed by atoms with Crippen molar-refractivity contribution in [2.24, 2.45) is 0 Å². The van der Waals surface area contributed by atoms with E-state index in [2.05, 4.69) is 25.8 Å². The number of aromatic nitrogens is 1. The van der Waals surface area contributed by atoms with E-state index in [9.17, 15) is 8.42 Å². The van der Waals surface area contributed by atoms with Crippen LogP contribution in [0.5, 0.6) is 5.75 Å². The van der Waals surface area contributed by atoms with E-state index in [1.165, 1.54) is 19.2 Å². The Morgan fingerprint density at radius 3 is 2.75 bits per heavy atom. The van der Waals surface area contributed by atoms with Crippen LogP contribution in [0.2, 0.25) is 0 Å². The molecule has 1 N–H and O–H groups in total. The van der Waals surface area contributed by atoms with Crippen molar-refractivity contribution in [2.45, 2.75) is 18.2 Å². The van der Waals surface area contributed by atoms with Gasteiger partial charge in [0.25, 0.3) is 10.0 Å². The lowest BCUT2D eigenvalue weighted by Gasteiger charge is -2.12. The first-order valence-electron chi connectivity index (χ1n) is 7.19. The van der Waals surface area contributed by atoms with E-state index in [0.717, 1.165) is 11.1 Å². The first-order valence-corrected chi connectivity index (χ1v) is 9.47. The Hall–Kier alpha value is -2.06. The van der Waals surface area contributed by atoms with Gasteiger partial charge >= 0.3 is 0 Å². The molecule has 0 aliphatic rings. The SMILES string of the molecule is CCc1noc2cc(OC)c(NS(=O)(=O)c3cccc(Br)c3)cc12. The van der Waals surface area contributed by atoms with Gasteiger partial charge in [0.2, 0.25) is 0 Å². The smallest absolute Gasteiger partial charge is 0.262 e. The highest BCUT2D eigenvalue weighted by Gasteiger charge is 2.19. The lowest BCUT2D eigenvalue weighted by Crippen LogP contribution is -2.13. The van der Waals surface area contributed by atoms with Crippen LogP contribution >= 0.6 is 15.9 Å². The molecule has 2 aromatic carbocycles. The van der Waals surface area contributed by atoms with Gasteiger partial charge in [0.1, 0.15) is 5.75 Å². The molecule has 0 bridgehead atoms.